The molecule has 0 atom stereocenters. The van der Waals surface area contributed by atoms with Crippen LogP contribution in [-0.4, -0.2) is 4.57 Å². The van der Waals surface area contributed by atoms with Crippen molar-refractivity contribution < 1.29 is 0 Å². The highest BCUT2D eigenvalue weighted by molar-refractivity contribution is 6.25. The van der Waals surface area contributed by atoms with E-state index in [1.807, 2.05) is 0 Å². The predicted octanol–water partition coefficient (Wildman–Crippen LogP) is 14.4. The standard InChI is InChI=1S/C52H36N2/c1-5-17-37(18-6-1)39-29-32-44(33-30-39)53(48-28-16-15-26-45(48)40-21-9-3-10-22-40)50-36-42-23-13-14-27-46(42)52-51(50)47-35-41(38-19-7-2-8-20-38)31-34-49(47)54(52)43-24-11-4-12-25-43/h1-36H. The predicted molar refractivity (Wildman–Crippen MR) is 229 cm³/mol. The molecule has 0 aliphatic carbocycles. The highest BCUT2D eigenvalue weighted by atomic mass is 15.2. The van der Waals surface area contributed by atoms with Crippen molar-refractivity contribution >= 4 is 49.6 Å². The van der Waals surface area contributed by atoms with Crippen molar-refractivity contribution in [2.24, 2.45) is 0 Å². The number of benzene rings is 9. The lowest BCUT2D eigenvalue weighted by atomic mass is 9.97. The van der Waals surface area contributed by atoms with Crippen LogP contribution in [0.25, 0.3) is 71.6 Å². The molecule has 2 nitrogen and oxygen atoms in total. The Labute approximate surface area is 315 Å². The van der Waals surface area contributed by atoms with Crippen LogP contribution in [-0.2, 0) is 0 Å². The van der Waals surface area contributed by atoms with Gasteiger partial charge in [-0.15, -0.1) is 0 Å². The Morgan fingerprint density at radius 1 is 0.352 bits per heavy atom. The van der Waals surface area contributed by atoms with E-state index in [1.54, 1.807) is 0 Å². The molecule has 9 aromatic carbocycles. The number of para-hydroxylation sites is 2. The van der Waals surface area contributed by atoms with Crippen molar-refractivity contribution in [2.45, 2.75) is 0 Å². The van der Waals surface area contributed by atoms with Gasteiger partial charge in [0.15, 0.2) is 0 Å². The molecule has 1 heterocycles. The first-order valence-corrected chi connectivity index (χ1v) is 18.5. The van der Waals surface area contributed by atoms with E-state index < -0.39 is 0 Å². The number of anilines is 3. The maximum Gasteiger partial charge on any atom is 0.0640 e. The highest BCUT2D eigenvalue weighted by Crippen LogP contribution is 2.49. The zero-order valence-electron chi connectivity index (χ0n) is 29.7. The van der Waals surface area contributed by atoms with Gasteiger partial charge in [0.05, 0.1) is 22.4 Å². The van der Waals surface area contributed by atoms with Crippen molar-refractivity contribution in [3.05, 3.63) is 218 Å². The SMILES string of the molecule is c1ccc(-c2ccc(N(c3ccccc3-c3ccccc3)c3cc4ccccc4c4c3c3cc(-c5ccccc5)ccc3n4-c3ccccc3)cc2)cc1. The first-order chi connectivity index (χ1) is 26.8. The van der Waals surface area contributed by atoms with E-state index in [0.717, 1.165) is 22.7 Å². The van der Waals surface area contributed by atoms with Gasteiger partial charge < -0.3 is 9.47 Å². The summed E-state index contributed by atoms with van der Waals surface area (Å²) in [6.07, 6.45) is 0. The van der Waals surface area contributed by atoms with E-state index in [-0.39, 0.29) is 0 Å². The maximum absolute atomic E-state index is 2.48. The summed E-state index contributed by atoms with van der Waals surface area (Å²) >= 11 is 0. The van der Waals surface area contributed by atoms with Crippen LogP contribution in [0.5, 0.6) is 0 Å². The summed E-state index contributed by atoms with van der Waals surface area (Å²) in [6, 6.07) is 78.9. The van der Waals surface area contributed by atoms with Crippen LogP contribution < -0.4 is 4.90 Å². The normalized spacial score (nSPS) is 11.3. The molecule has 1 aromatic heterocycles. The summed E-state index contributed by atoms with van der Waals surface area (Å²) < 4.78 is 2.46. The molecule has 0 saturated heterocycles. The van der Waals surface area contributed by atoms with Gasteiger partial charge in [-0.3, -0.25) is 0 Å². The average molecular weight is 689 g/mol. The summed E-state index contributed by atoms with van der Waals surface area (Å²) in [7, 11) is 0. The van der Waals surface area contributed by atoms with Crippen LogP contribution in [0.1, 0.15) is 0 Å². The molecule has 254 valence electrons. The third-order valence-corrected chi connectivity index (χ3v) is 10.6. The number of hydrogen-bond acceptors (Lipinski definition) is 1. The molecule has 0 bridgehead atoms. The second-order valence-corrected chi connectivity index (χ2v) is 13.7. The number of hydrogen-bond donors (Lipinski definition) is 0. The lowest BCUT2D eigenvalue weighted by Gasteiger charge is -2.29. The average Bonchev–Trinajstić information content (AvgIpc) is 3.60. The molecule has 0 fully saturated rings. The maximum atomic E-state index is 2.48. The smallest absolute Gasteiger partial charge is 0.0640 e. The van der Waals surface area contributed by atoms with Gasteiger partial charge in [-0.1, -0.05) is 170 Å². The topological polar surface area (TPSA) is 8.17 Å². The first-order valence-electron chi connectivity index (χ1n) is 18.5. The number of aromatic nitrogens is 1. The lowest BCUT2D eigenvalue weighted by Crippen LogP contribution is -2.12. The molecule has 0 unspecified atom stereocenters. The number of nitrogens with zero attached hydrogens (tertiary/aromatic N) is 2. The quantitative estimate of drug-likeness (QED) is 0.162. The largest absolute Gasteiger partial charge is 0.309 e. The van der Waals surface area contributed by atoms with Crippen LogP contribution in [0.2, 0.25) is 0 Å². The fraction of sp³-hybridized carbons (Fsp3) is 0. The van der Waals surface area contributed by atoms with Crippen molar-refractivity contribution in [2.75, 3.05) is 4.90 Å². The minimum Gasteiger partial charge on any atom is -0.309 e. The third kappa shape index (κ3) is 5.44. The summed E-state index contributed by atoms with van der Waals surface area (Å²) in [5, 5.41) is 4.82. The molecular weight excluding hydrogens is 653 g/mol. The molecule has 0 amide bonds. The lowest BCUT2D eigenvalue weighted by molar-refractivity contribution is 1.19. The van der Waals surface area contributed by atoms with Crippen LogP contribution in [0, 0.1) is 0 Å². The van der Waals surface area contributed by atoms with Gasteiger partial charge >= 0.3 is 0 Å². The van der Waals surface area contributed by atoms with Gasteiger partial charge in [-0.2, -0.15) is 0 Å². The monoisotopic (exact) mass is 688 g/mol. The molecule has 0 N–H and O–H groups in total. The molecule has 0 radical (unpaired) electrons. The van der Waals surface area contributed by atoms with Gasteiger partial charge in [0, 0.05) is 33.1 Å². The second-order valence-electron chi connectivity index (χ2n) is 13.7. The summed E-state index contributed by atoms with van der Waals surface area (Å²) in [5.74, 6) is 0. The van der Waals surface area contributed by atoms with Gasteiger partial charge in [-0.25, -0.2) is 0 Å². The molecule has 54 heavy (non-hydrogen) atoms. The van der Waals surface area contributed by atoms with Gasteiger partial charge in [-0.05, 0) is 81.7 Å². The molecule has 0 aliphatic heterocycles. The van der Waals surface area contributed by atoms with E-state index in [1.165, 1.54) is 66.0 Å². The fourth-order valence-electron chi connectivity index (χ4n) is 8.07. The van der Waals surface area contributed by atoms with Gasteiger partial charge in [0.25, 0.3) is 0 Å². The summed E-state index contributed by atoms with van der Waals surface area (Å²) in [5.41, 5.74) is 14.0. The Morgan fingerprint density at radius 2 is 0.889 bits per heavy atom. The Bertz CT molecular complexity index is 2890. The van der Waals surface area contributed by atoms with E-state index in [9.17, 15) is 0 Å². The fourth-order valence-corrected chi connectivity index (χ4v) is 8.07. The summed E-state index contributed by atoms with van der Waals surface area (Å²) in [6.45, 7) is 0. The minimum absolute atomic E-state index is 1.09. The van der Waals surface area contributed by atoms with Crippen molar-refractivity contribution in [1.29, 1.82) is 0 Å². The zero-order chi connectivity index (χ0) is 35.8. The van der Waals surface area contributed by atoms with Gasteiger partial charge in [0.2, 0.25) is 0 Å². The first kappa shape index (κ1) is 31.6. The number of rotatable bonds is 7. The second kappa shape index (κ2) is 13.4. The van der Waals surface area contributed by atoms with Crippen molar-refractivity contribution in [1.82, 2.24) is 4.57 Å². The van der Waals surface area contributed by atoms with E-state index >= 15 is 0 Å². The van der Waals surface area contributed by atoms with E-state index in [4.69, 9.17) is 0 Å². The Balaban J connectivity index is 1.35. The molecule has 2 heteroatoms. The third-order valence-electron chi connectivity index (χ3n) is 10.6. The zero-order valence-corrected chi connectivity index (χ0v) is 29.7. The Morgan fingerprint density at radius 3 is 1.59 bits per heavy atom. The Hall–Kier alpha value is -7.16. The van der Waals surface area contributed by atoms with E-state index in [0.29, 0.717) is 0 Å². The van der Waals surface area contributed by atoms with E-state index in [2.05, 4.69) is 228 Å². The number of fused-ring (bicyclic) bond motifs is 5. The molecule has 10 rings (SSSR count). The highest BCUT2D eigenvalue weighted by Gasteiger charge is 2.25. The minimum atomic E-state index is 1.09. The van der Waals surface area contributed by atoms with Crippen LogP contribution >= 0.6 is 0 Å². The van der Waals surface area contributed by atoms with Gasteiger partial charge in [0.1, 0.15) is 0 Å². The molecule has 0 spiro atoms. The molecule has 0 aliphatic rings. The molecule has 0 saturated carbocycles. The van der Waals surface area contributed by atoms with Crippen molar-refractivity contribution in [3.63, 3.8) is 0 Å². The van der Waals surface area contributed by atoms with Crippen molar-refractivity contribution in [3.8, 4) is 39.1 Å². The van der Waals surface area contributed by atoms with Crippen LogP contribution in [0.4, 0.5) is 17.1 Å². The summed E-state index contributed by atoms with van der Waals surface area (Å²) in [4.78, 5) is 2.48. The Kier molecular flexibility index (Phi) is 7.85. The van der Waals surface area contributed by atoms with Crippen LogP contribution in [0.3, 0.4) is 0 Å². The van der Waals surface area contributed by atoms with Crippen LogP contribution in [0.15, 0.2) is 218 Å². The molecular formula is C52H36N2. The molecule has 10 aromatic rings.